The van der Waals surface area contributed by atoms with Crippen LogP contribution in [0.4, 0.5) is 0 Å². The molecule has 0 bridgehead atoms. The van der Waals surface area contributed by atoms with Gasteiger partial charge in [-0.2, -0.15) is 0 Å². The van der Waals surface area contributed by atoms with E-state index in [0.29, 0.717) is 6.54 Å². The molecule has 4 nitrogen and oxygen atoms in total. The summed E-state index contributed by atoms with van der Waals surface area (Å²) in [7, 11) is 1.31. The van der Waals surface area contributed by atoms with E-state index in [0.717, 1.165) is 11.8 Å². The number of amides is 1. The zero-order valence-electron chi connectivity index (χ0n) is 7.64. The van der Waals surface area contributed by atoms with Gasteiger partial charge >= 0.3 is 5.97 Å². The molecule has 5 heteroatoms. The molecule has 0 heterocycles. The van der Waals surface area contributed by atoms with Crippen LogP contribution < -0.4 is 5.32 Å². The maximum atomic E-state index is 11.0. The fourth-order valence-corrected chi connectivity index (χ4v) is 0.981. The molecule has 1 N–H and O–H groups in total. The van der Waals surface area contributed by atoms with Crippen molar-refractivity contribution in [3.8, 4) is 0 Å². The summed E-state index contributed by atoms with van der Waals surface area (Å²) in [6.07, 6.45) is 1.25. The molecule has 0 aliphatic heterocycles. The molecule has 0 aliphatic carbocycles. The Kier molecular flexibility index (Phi) is 7.68. The van der Waals surface area contributed by atoms with E-state index < -0.39 is 0 Å². The molecule has 0 atom stereocenters. The largest absolute Gasteiger partial charge is 0.469 e. The lowest BCUT2D eigenvalue weighted by molar-refractivity contribution is -0.142. The quantitative estimate of drug-likeness (QED) is 0.433. The van der Waals surface area contributed by atoms with Gasteiger partial charge in [-0.05, 0) is 6.42 Å². The minimum atomic E-state index is -0.351. The summed E-state index contributed by atoms with van der Waals surface area (Å²) in [5, 5.41) is 3.55. The van der Waals surface area contributed by atoms with Crippen molar-refractivity contribution in [1.82, 2.24) is 5.32 Å². The van der Waals surface area contributed by atoms with Crippen LogP contribution in [0.2, 0.25) is 0 Å². The summed E-state index contributed by atoms with van der Waals surface area (Å²) in [6, 6.07) is 0. The topological polar surface area (TPSA) is 55.4 Å². The Bertz CT molecular complexity index is 173. The molecule has 0 radical (unpaired) electrons. The van der Waals surface area contributed by atoms with Gasteiger partial charge < -0.3 is 10.1 Å². The van der Waals surface area contributed by atoms with Gasteiger partial charge in [-0.3, -0.25) is 9.59 Å². The van der Waals surface area contributed by atoms with Crippen molar-refractivity contribution < 1.29 is 14.3 Å². The summed E-state index contributed by atoms with van der Waals surface area (Å²) < 4.78 is 4.40. The number of carbonyl (C=O) groups is 2. The second-order valence-corrected chi connectivity index (χ2v) is 3.26. The summed E-state index contributed by atoms with van der Waals surface area (Å²) in [5.74, 6) is -0.456. The van der Waals surface area contributed by atoms with E-state index in [9.17, 15) is 9.59 Å². The summed E-state index contributed by atoms with van der Waals surface area (Å²) in [5.41, 5.74) is 0. The van der Waals surface area contributed by atoms with Gasteiger partial charge in [-0.1, -0.05) is 15.9 Å². The first kappa shape index (κ1) is 12.4. The first-order valence-corrected chi connectivity index (χ1v) is 5.22. The van der Waals surface area contributed by atoms with E-state index in [1.165, 1.54) is 7.11 Å². The highest BCUT2D eigenvalue weighted by molar-refractivity contribution is 9.09. The first-order chi connectivity index (χ1) is 6.20. The Hall–Kier alpha value is -0.580. The van der Waals surface area contributed by atoms with E-state index in [1.54, 1.807) is 0 Å². The fourth-order valence-electron chi connectivity index (χ4n) is 0.701. The lowest BCUT2D eigenvalue weighted by Crippen LogP contribution is -2.25. The van der Waals surface area contributed by atoms with E-state index >= 15 is 0 Å². The SMILES string of the molecule is COC(=O)CCC(=O)NCCCBr. The summed E-state index contributed by atoms with van der Waals surface area (Å²) >= 11 is 3.25. The molecule has 0 aromatic carbocycles. The number of ether oxygens (including phenoxy) is 1. The van der Waals surface area contributed by atoms with Gasteiger partial charge in [0.05, 0.1) is 13.5 Å². The van der Waals surface area contributed by atoms with Crippen molar-refractivity contribution in [3.05, 3.63) is 0 Å². The Labute approximate surface area is 86.1 Å². The minimum Gasteiger partial charge on any atom is -0.469 e. The Morgan fingerprint density at radius 3 is 2.62 bits per heavy atom. The third-order valence-electron chi connectivity index (χ3n) is 1.42. The van der Waals surface area contributed by atoms with Crippen molar-refractivity contribution in [3.63, 3.8) is 0 Å². The van der Waals surface area contributed by atoms with Gasteiger partial charge in [0, 0.05) is 18.3 Å². The van der Waals surface area contributed by atoms with Crippen molar-refractivity contribution in [1.29, 1.82) is 0 Å². The highest BCUT2D eigenvalue weighted by Gasteiger charge is 2.05. The number of esters is 1. The van der Waals surface area contributed by atoms with Crippen LogP contribution in [-0.2, 0) is 14.3 Å². The van der Waals surface area contributed by atoms with Gasteiger partial charge in [0.25, 0.3) is 0 Å². The second-order valence-electron chi connectivity index (χ2n) is 2.47. The standard InChI is InChI=1S/C8H14BrNO3/c1-13-8(12)4-3-7(11)10-6-2-5-9/h2-6H2,1H3,(H,10,11). The molecular formula is C8H14BrNO3. The number of hydrogen-bond donors (Lipinski definition) is 1. The van der Waals surface area contributed by atoms with E-state index in [-0.39, 0.29) is 24.7 Å². The normalized spacial score (nSPS) is 9.38. The number of carbonyl (C=O) groups excluding carboxylic acids is 2. The zero-order chi connectivity index (χ0) is 10.1. The summed E-state index contributed by atoms with van der Waals surface area (Å²) in [4.78, 5) is 21.6. The van der Waals surface area contributed by atoms with E-state index in [1.807, 2.05) is 0 Å². The van der Waals surface area contributed by atoms with Crippen LogP contribution in [0, 0.1) is 0 Å². The molecule has 0 saturated heterocycles. The molecule has 0 aromatic rings. The van der Waals surface area contributed by atoms with Crippen LogP contribution >= 0.6 is 15.9 Å². The van der Waals surface area contributed by atoms with Gasteiger partial charge in [0.1, 0.15) is 0 Å². The van der Waals surface area contributed by atoms with Gasteiger partial charge in [-0.15, -0.1) is 0 Å². The van der Waals surface area contributed by atoms with Crippen molar-refractivity contribution in [2.75, 3.05) is 19.0 Å². The Balaban J connectivity index is 3.35. The number of rotatable bonds is 6. The molecule has 0 aliphatic rings. The lowest BCUT2D eigenvalue weighted by Gasteiger charge is -2.02. The maximum Gasteiger partial charge on any atom is 0.306 e. The summed E-state index contributed by atoms with van der Waals surface area (Å²) in [6.45, 7) is 0.644. The zero-order valence-corrected chi connectivity index (χ0v) is 9.22. The molecular weight excluding hydrogens is 238 g/mol. The molecule has 76 valence electrons. The van der Waals surface area contributed by atoms with Crippen molar-refractivity contribution >= 4 is 27.8 Å². The maximum absolute atomic E-state index is 11.0. The average Bonchev–Trinajstić information content (AvgIpc) is 2.14. The lowest BCUT2D eigenvalue weighted by atomic mass is 10.3. The van der Waals surface area contributed by atoms with Crippen LogP contribution in [0.1, 0.15) is 19.3 Å². The van der Waals surface area contributed by atoms with Crippen LogP contribution in [-0.4, -0.2) is 30.9 Å². The van der Waals surface area contributed by atoms with Gasteiger partial charge in [0.2, 0.25) is 5.91 Å². The first-order valence-electron chi connectivity index (χ1n) is 4.10. The van der Waals surface area contributed by atoms with Crippen molar-refractivity contribution in [2.24, 2.45) is 0 Å². The van der Waals surface area contributed by atoms with Crippen molar-refractivity contribution in [2.45, 2.75) is 19.3 Å². The van der Waals surface area contributed by atoms with Crippen LogP contribution in [0.5, 0.6) is 0 Å². The second kappa shape index (κ2) is 8.04. The van der Waals surface area contributed by atoms with Gasteiger partial charge in [0.15, 0.2) is 0 Å². The van der Waals surface area contributed by atoms with Gasteiger partial charge in [-0.25, -0.2) is 0 Å². The third kappa shape index (κ3) is 7.77. The Morgan fingerprint density at radius 2 is 2.08 bits per heavy atom. The number of nitrogens with one attached hydrogen (secondary N) is 1. The molecule has 0 unspecified atom stereocenters. The number of hydrogen-bond acceptors (Lipinski definition) is 3. The highest BCUT2D eigenvalue weighted by atomic mass is 79.9. The van der Waals surface area contributed by atoms with Crippen LogP contribution in [0.3, 0.4) is 0 Å². The molecule has 13 heavy (non-hydrogen) atoms. The van der Waals surface area contributed by atoms with E-state index in [2.05, 4.69) is 26.0 Å². The molecule has 0 rings (SSSR count). The molecule has 0 fully saturated rings. The number of halogens is 1. The number of alkyl halides is 1. The highest BCUT2D eigenvalue weighted by Crippen LogP contribution is 1.92. The molecule has 0 spiro atoms. The Morgan fingerprint density at radius 1 is 1.38 bits per heavy atom. The monoisotopic (exact) mass is 251 g/mol. The number of methoxy groups -OCH3 is 1. The fraction of sp³-hybridized carbons (Fsp3) is 0.750. The average molecular weight is 252 g/mol. The van der Waals surface area contributed by atoms with Crippen LogP contribution in [0.15, 0.2) is 0 Å². The predicted octanol–water partition coefficient (Wildman–Crippen LogP) is 0.841. The van der Waals surface area contributed by atoms with Crippen LogP contribution in [0.25, 0.3) is 0 Å². The predicted molar refractivity (Wildman–Crippen MR) is 52.7 cm³/mol. The smallest absolute Gasteiger partial charge is 0.306 e. The third-order valence-corrected chi connectivity index (χ3v) is 1.98. The molecule has 1 amide bonds. The minimum absolute atomic E-state index is 0.105. The molecule has 0 saturated carbocycles. The van der Waals surface area contributed by atoms with E-state index in [4.69, 9.17) is 0 Å². The molecule has 0 aromatic heterocycles.